The van der Waals surface area contributed by atoms with Crippen molar-refractivity contribution in [1.82, 2.24) is 0 Å². The second kappa shape index (κ2) is 6.78. The Morgan fingerprint density at radius 3 is 0.727 bits per heavy atom. The molecule has 0 radical (unpaired) electrons. The standard InChI is InChI=1S/C6H6.4ClH.Pb/c1-2-4-6-5-3-1;;;;;/h1-6H;4*1H;/q;;;;;+4/p-4. The van der Waals surface area contributed by atoms with Gasteiger partial charge in [0.1, 0.15) is 0 Å². The van der Waals surface area contributed by atoms with Crippen LogP contribution < -0.4 is 0 Å². The Kier molecular flexibility index (Phi) is 7.58. The third-order valence-corrected chi connectivity index (χ3v) is 0.667. The molecule has 0 aliphatic rings. The van der Waals surface area contributed by atoms with Crippen LogP contribution in [-0.4, -0.2) is 16.3 Å². The molecule has 0 spiro atoms. The summed E-state index contributed by atoms with van der Waals surface area (Å²) in [6.07, 6.45) is 0. The van der Waals surface area contributed by atoms with Crippen LogP contribution >= 0.6 is 33.3 Å². The van der Waals surface area contributed by atoms with Gasteiger partial charge in [-0.25, -0.2) is 0 Å². The summed E-state index contributed by atoms with van der Waals surface area (Å²) < 4.78 is 0. The Bertz CT molecular complexity index is 139. The van der Waals surface area contributed by atoms with Gasteiger partial charge in [0.15, 0.2) is 0 Å². The Hall–Kier alpha value is 1.30. The predicted octanol–water partition coefficient (Wildman–Crippen LogP) is 4.06. The van der Waals surface area contributed by atoms with Gasteiger partial charge < -0.3 is 0 Å². The van der Waals surface area contributed by atoms with Crippen molar-refractivity contribution in [2.24, 2.45) is 0 Å². The molecule has 0 saturated heterocycles. The minimum atomic E-state index is -3.39. The van der Waals surface area contributed by atoms with Crippen LogP contribution in [0, 0.1) is 0 Å². The second-order valence-electron chi connectivity index (χ2n) is 1.58. The normalized spacial score (nSPS) is 9.82. The molecule has 62 valence electrons. The molecule has 1 aromatic carbocycles. The zero-order valence-corrected chi connectivity index (χ0v) is 12.4. The maximum atomic E-state index is 5.05. The minimum Gasteiger partial charge on any atom is -0.0623 e. The van der Waals surface area contributed by atoms with Crippen LogP contribution in [-0.2, 0) is 0 Å². The summed E-state index contributed by atoms with van der Waals surface area (Å²) in [5.74, 6) is 0. The van der Waals surface area contributed by atoms with Crippen LogP contribution in [0.1, 0.15) is 0 Å². The maximum absolute atomic E-state index is 5.05. The van der Waals surface area contributed by atoms with Crippen LogP contribution in [0.15, 0.2) is 36.4 Å². The molecule has 0 unspecified atom stereocenters. The van der Waals surface area contributed by atoms with Gasteiger partial charge in [-0.05, 0) is 0 Å². The van der Waals surface area contributed by atoms with E-state index in [0.29, 0.717) is 0 Å². The molecule has 0 fully saturated rings. The van der Waals surface area contributed by atoms with Crippen molar-refractivity contribution in [3.8, 4) is 0 Å². The molecule has 0 nitrogen and oxygen atoms in total. The summed E-state index contributed by atoms with van der Waals surface area (Å²) in [5.41, 5.74) is 0. The van der Waals surface area contributed by atoms with E-state index < -0.39 is 16.3 Å². The molecule has 0 bridgehead atoms. The fraction of sp³-hybridized carbons (Fsp3) is 0. The van der Waals surface area contributed by atoms with Crippen LogP contribution in [0.2, 0.25) is 0 Å². The monoisotopic (exact) mass is 426 g/mol. The van der Waals surface area contributed by atoms with Crippen molar-refractivity contribution in [1.29, 1.82) is 0 Å². The summed E-state index contributed by atoms with van der Waals surface area (Å²) in [5, 5.41) is 0. The largest absolute Gasteiger partial charge is 0.0623 e. The Morgan fingerprint density at radius 2 is 0.636 bits per heavy atom. The van der Waals surface area contributed by atoms with Gasteiger partial charge in [0, 0.05) is 0 Å². The molecule has 1 aromatic rings. The number of rotatable bonds is 0. The van der Waals surface area contributed by atoms with Gasteiger partial charge in [-0.2, -0.15) is 0 Å². The zero-order chi connectivity index (χ0) is 8.74. The van der Waals surface area contributed by atoms with E-state index in [1.54, 1.807) is 0 Å². The summed E-state index contributed by atoms with van der Waals surface area (Å²) in [4.78, 5) is 0. The summed E-state index contributed by atoms with van der Waals surface area (Å²) in [7, 11) is 20.2. The average molecular weight is 427 g/mol. The number of hydrogen-bond donors (Lipinski definition) is 0. The third kappa shape index (κ3) is 18.3. The molecule has 1 rings (SSSR count). The molecule has 0 saturated carbocycles. The molecule has 0 N–H and O–H groups in total. The van der Waals surface area contributed by atoms with Crippen molar-refractivity contribution in [3.05, 3.63) is 36.4 Å². The first kappa shape index (κ1) is 12.3. The second-order valence-corrected chi connectivity index (χ2v) is 35.0. The van der Waals surface area contributed by atoms with E-state index in [1.807, 2.05) is 36.4 Å². The van der Waals surface area contributed by atoms with Gasteiger partial charge in [0.2, 0.25) is 0 Å². The molecule has 11 heavy (non-hydrogen) atoms. The Morgan fingerprint density at radius 1 is 0.545 bits per heavy atom. The minimum absolute atomic E-state index is 2.00. The number of benzene rings is 1. The van der Waals surface area contributed by atoms with Gasteiger partial charge in [0.25, 0.3) is 0 Å². The van der Waals surface area contributed by atoms with Crippen molar-refractivity contribution in [2.75, 3.05) is 0 Å². The van der Waals surface area contributed by atoms with E-state index in [1.165, 1.54) is 0 Å². The summed E-state index contributed by atoms with van der Waals surface area (Å²) in [6, 6.07) is 12.0. The van der Waals surface area contributed by atoms with E-state index >= 15 is 0 Å². The molecule has 0 amide bonds. The molecule has 5 heteroatoms. The molecular weight excluding hydrogens is 421 g/mol. The predicted molar refractivity (Wildman–Crippen MR) is 55.6 cm³/mol. The SMILES string of the molecule is [Cl][Pb]([Cl])([Cl])[Cl].c1ccccc1. The molecule has 0 atom stereocenters. The van der Waals surface area contributed by atoms with E-state index in [2.05, 4.69) is 0 Å². The number of halogens is 4. The van der Waals surface area contributed by atoms with E-state index in [-0.39, 0.29) is 0 Å². The molecule has 0 aliphatic carbocycles. The Labute approximate surface area is 84.9 Å². The van der Waals surface area contributed by atoms with Gasteiger partial charge in [-0.3, -0.25) is 0 Å². The zero-order valence-electron chi connectivity index (χ0n) is 5.48. The first-order chi connectivity index (χ1) is 5.00. The quantitative estimate of drug-likeness (QED) is 0.548. The molecule has 0 heterocycles. The molecule has 0 aliphatic heterocycles. The van der Waals surface area contributed by atoms with E-state index in [4.69, 9.17) is 33.3 Å². The van der Waals surface area contributed by atoms with Gasteiger partial charge in [-0.1, -0.05) is 36.4 Å². The molecular formula is C6H6Cl4Pb. The number of hydrogen-bond acceptors (Lipinski definition) is 0. The Balaban J connectivity index is 0.000000187. The van der Waals surface area contributed by atoms with Gasteiger partial charge in [0.05, 0.1) is 0 Å². The van der Waals surface area contributed by atoms with Crippen LogP contribution in [0.4, 0.5) is 0 Å². The first-order valence-corrected chi connectivity index (χ1v) is 21.9. The van der Waals surface area contributed by atoms with Crippen LogP contribution in [0.5, 0.6) is 0 Å². The third-order valence-electron chi connectivity index (χ3n) is 0.667. The van der Waals surface area contributed by atoms with Gasteiger partial charge in [-0.15, -0.1) is 0 Å². The summed E-state index contributed by atoms with van der Waals surface area (Å²) in [6.45, 7) is 0. The van der Waals surface area contributed by atoms with Crippen molar-refractivity contribution in [3.63, 3.8) is 0 Å². The first-order valence-electron chi connectivity index (χ1n) is 2.76. The van der Waals surface area contributed by atoms with Crippen LogP contribution in [0.3, 0.4) is 0 Å². The smallest absolute Gasteiger partial charge is 0.0623 e. The van der Waals surface area contributed by atoms with Crippen molar-refractivity contribution in [2.45, 2.75) is 0 Å². The maximum Gasteiger partial charge on any atom is -0.0623 e. The summed E-state index contributed by atoms with van der Waals surface area (Å²) >= 11 is -3.39. The average Bonchev–Trinajstić information content (AvgIpc) is 1.88. The molecule has 0 aromatic heterocycles. The van der Waals surface area contributed by atoms with Crippen molar-refractivity contribution >= 4 is 49.5 Å². The van der Waals surface area contributed by atoms with Gasteiger partial charge >= 0.3 is 49.5 Å². The van der Waals surface area contributed by atoms with Crippen LogP contribution in [0.25, 0.3) is 0 Å². The van der Waals surface area contributed by atoms with Crippen molar-refractivity contribution < 1.29 is 0 Å². The fourth-order valence-electron chi connectivity index (χ4n) is 0.385. The van der Waals surface area contributed by atoms with E-state index in [0.717, 1.165) is 0 Å². The van der Waals surface area contributed by atoms with E-state index in [9.17, 15) is 0 Å². The fourth-order valence-corrected chi connectivity index (χ4v) is 0.385. The topological polar surface area (TPSA) is 0 Å².